The minimum absolute atomic E-state index is 0.0415. The third-order valence-corrected chi connectivity index (χ3v) is 7.26. The summed E-state index contributed by atoms with van der Waals surface area (Å²) in [7, 11) is 1.54. The van der Waals surface area contributed by atoms with Crippen molar-refractivity contribution in [3.05, 3.63) is 88.8 Å². The summed E-state index contributed by atoms with van der Waals surface area (Å²) in [6, 6.07) is 11.7. The Morgan fingerprint density at radius 2 is 1.93 bits per heavy atom. The molecule has 0 aliphatic carbocycles. The first-order valence-electron chi connectivity index (χ1n) is 13.4. The zero-order chi connectivity index (χ0) is 28.4. The Bertz CT molecular complexity index is 1580. The van der Waals surface area contributed by atoms with Crippen molar-refractivity contribution in [1.82, 2.24) is 14.3 Å². The number of benzene rings is 1. The van der Waals surface area contributed by atoms with Crippen LogP contribution in [0.3, 0.4) is 0 Å². The van der Waals surface area contributed by atoms with Gasteiger partial charge in [0.25, 0.3) is 11.7 Å². The second-order valence-corrected chi connectivity index (χ2v) is 9.90. The van der Waals surface area contributed by atoms with Gasteiger partial charge in [0, 0.05) is 6.20 Å². The third kappa shape index (κ3) is 4.83. The number of amides is 1. The van der Waals surface area contributed by atoms with Crippen LogP contribution in [0.15, 0.2) is 64.9 Å². The molecule has 4 aromatic rings. The van der Waals surface area contributed by atoms with Crippen LogP contribution in [-0.4, -0.2) is 44.8 Å². The lowest BCUT2D eigenvalue weighted by Gasteiger charge is -2.25. The van der Waals surface area contributed by atoms with E-state index in [1.165, 1.54) is 11.2 Å². The number of ether oxygens (including phenoxy) is 2. The highest BCUT2D eigenvalue weighted by Gasteiger charge is 2.47. The molecule has 0 radical (unpaired) electrons. The molecule has 1 saturated heterocycles. The van der Waals surface area contributed by atoms with E-state index in [9.17, 15) is 14.7 Å². The van der Waals surface area contributed by atoms with Gasteiger partial charge >= 0.3 is 0 Å². The highest BCUT2D eigenvalue weighted by Crippen LogP contribution is 2.43. The molecular formula is C31H33N3O6. The van der Waals surface area contributed by atoms with Crippen LogP contribution in [0, 0.1) is 13.8 Å². The largest absolute Gasteiger partial charge is 0.505 e. The van der Waals surface area contributed by atoms with E-state index in [-0.39, 0.29) is 23.6 Å². The number of hydrogen-bond donors (Lipinski definition) is 1. The Labute approximate surface area is 232 Å². The number of fused-ring (bicyclic) bond motifs is 1. The third-order valence-electron chi connectivity index (χ3n) is 7.26. The number of aryl methyl sites for hydroxylation is 2. The number of nitrogens with zero attached hydrogens (tertiary/aromatic N) is 3. The van der Waals surface area contributed by atoms with Gasteiger partial charge in [0.05, 0.1) is 43.8 Å². The van der Waals surface area contributed by atoms with Crippen LogP contribution in [0.4, 0.5) is 0 Å². The van der Waals surface area contributed by atoms with Crippen LogP contribution in [0.25, 0.3) is 11.4 Å². The molecule has 1 fully saturated rings. The molecule has 0 spiro atoms. The molecule has 1 aliphatic heterocycles. The number of ketones is 1. The van der Waals surface area contributed by atoms with Gasteiger partial charge in [0.15, 0.2) is 17.3 Å². The maximum atomic E-state index is 13.5. The average molecular weight is 544 g/mol. The number of hydrogen-bond acceptors (Lipinski definition) is 7. The van der Waals surface area contributed by atoms with Gasteiger partial charge in [-0.25, -0.2) is 4.98 Å². The van der Waals surface area contributed by atoms with Crippen LogP contribution in [0.2, 0.25) is 0 Å². The van der Waals surface area contributed by atoms with E-state index in [0.29, 0.717) is 40.8 Å². The van der Waals surface area contributed by atoms with Gasteiger partial charge in [-0.2, -0.15) is 0 Å². The first kappa shape index (κ1) is 27.1. The quantitative estimate of drug-likeness (QED) is 0.118. The molecule has 5 rings (SSSR count). The number of pyridine rings is 1. The van der Waals surface area contributed by atoms with Gasteiger partial charge in [0.1, 0.15) is 17.1 Å². The van der Waals surface area contributed by atoms with Gasteiger partial charge in [0.2, 0.25) is 0 Å². The number of Topliss-reactive ketones (excluding diaryl/α,β-unsaturated/α-hetero) is 1. The van der Waals surface area contributed by atoms with Crippen molar-refractivity contribution >= 4 is 23.1 Å². The molecule has 0 bridgehead atoms. The fourth-order valence-electron chi connectivity index (χ4n) is 5.14. The molecule has 1 atom stereocenters. The Hall–Kier alpha value is -4.53. The Morgan fingerprint density at radius 3 is 2.62 bits per heavy atom. The number of carbonyl (C=O) groups is 2. The number of unbranched alkanes of at least 4 members (excludes halogenated alkanes) is 2. The van der Waals surface area contributed by atoms with Crippen molar-refractivity contribution in [3.8, 4) is 11.5 Å². The number of carbonyl (C=O) groups excluding carboxylic acids is 2. The molecule has 208 valence electrons. The van der Waals surface area contributed by atoms with Crippen LogP contribution in [0.1, 0.15) is 60.5 Å². The second kappa shape index (κ2) is 11.3. The molecule has 0 saturated carbocycles. The maximum Gasteiger partial charge on any atom is 0.296 e. The van der Waals surface area contributed by atoms with Gasteiger partial charge in [-0.3, -0.25) is 9.59 Å². The Morgan fingerprint density at radius 1 is 1.10 bits per heavy atom. The van der Waals surface area contributed by atoms with Crippen LogP contribution in [0.5, 0.6) is 11.5 Å². The van der Waals surface area contributed by atoms with Gasteiger partial charge in [-0.1, -0.05) is 31.9 Å². The molecule has 1 unspecified atom stereocenters. The number of methoxy groups -OCH3 is 1. The number of aliphatic hydroxyl groups excluding tert-OH is 1. The van der Waals surface area contributed by atoms with Crippen molar-refractivity contribution < 1.29 is 28.6 Å². The fourth-order valence-corrected chi connectivity index (χ4v) is 5.14. The number of imidazole rings is 1. The molecular weight excluding hydrogens is 510 g/mol. The topological polar surface area (TPSA) is 107 Å². The van der Waals surface area contributed by atoms with E-state index in [1.807, 2.05) is 36.6 Å². The minimum atomic E-state index is -0.904. The molecule has 4 heterocycles. The first-order valence-corrected chi connectivity index (χ1v) is 13.4. The summed E-state index contributed by atoms with van der Waals surface area (Å²) in [6.07, 6.45) is 6.42. The van der Waals surface area contributed by atoms with Crippen molar-refractivity contribution in [2.24, 2.45) is 0 Å². The summed E-state index contributed by atoms with van der Waals surface area (Å²) in [4.78, 5) is 33.0. The summed E-state index contributed by atoms with van der Waals surface area (Å²) in [5.74, 6) is -0.311. The van der Waals surface area contributed by atoms with Crippen molar-refractivity contribution in [2.75, 3.05) is 13.7 Å². The minimum Gasteiger partial charge on any atom is -0.505 e. The normalized spacial score (nSPS) is 16.7. The summed E-state index contributed by atoms with van der Waals surface area (Å²) in [6.45, 7) is 6.46. The average Bonchev–Trinajstić information content (AvgIpc) is 3.66. The van der Waals surface area contributed by atoms with Crippen LogP contribution in [-0.2, 0) is 16.1 Å². The highest BCUT2D eigenvalue weighted by molar-refractivity contribution is 6.46. The van der Waals surface area contributed by atoms with E-state index in [1.54, 1.807) is 37.4 Å². The summed E-state index contributed by atoms with van der Waals surface area (Å²) in [5.41, 5.74) is 3.02. The van der Waals surface area contributed by atoms with Crippen LogP contribution < -0.4 is 9.47 Å². The molecule has 9 nitrogen and oxygen atoms in total. The molecule has 40 heavy (non-hydrogen) atoms. The summed E-state index contributed by atoms with van der Waals surface area (Å²) in [5, 5.41) is 11.6. The molecule has 3 aromatic heterocycles. The summed E-state index contributed by atoms with van der Waals surface area (Å²) >= 11 is 0. The predicted molar refractivity (Wildman–Crippen MR) is 149 cm³/mol. The van der Waals surface area contributed by atoms with E-state index in [4.69, 9.17) is 13.9 Å². The van der Waals surface area contributed by atoms with E-state index < -0.39 is 17.7 Å². The lowest BCUT2D eigenvalue weighted by atomic mass is 9.96. The lowest BCUT2D eigenvalue weighted by molar-refractivity contribution is -0.140. The highest BCUT2D eigenvalue weighted by atomic mass is 16.5. The number of rotatable bonds is 10. The number of furan rings is 1. The lowest BCUT2D eigenvalue weighted by Crippen LogP contribution is -2.29. The summed E-state index contributed by atoms with van der Waals surface area (Å²) < 4.78 is 18.9. The Kier molecular flexibility index (Phi) is 7.64. The maximum absolute atomic E-state index is 13.5. The van der Waals surface area contributed by atoms with Crippen molar-refractivity contribution in [2.45, 2.75) is 52.6 Å². The zero-order valence-electron chi connectivity index (χ0n) is 23.1. The molecule has 1 aliphatic rings. The number of aromatic nitrogens is 2. The van der Waals surface area contributed by atoms with Gasteiger partial charge in [-0.15, -0.1) is 0 Å². The first-order chi connectivity index (χ1) is 19.3. The SMILES string of the molecule is CCCCCOc1ccc(C2/C(=C(\O)c3nc4c(C)cccn4c3C)C(=O)C(=O)N2Cc2ccco2)cc1OC. The molecule has 9 heteroatoms. The van der Waals surface area contributed by atoms with E-state index in [2.05, 4.69) is 11.9 Å². The molecule has 1 N–H and O–H groups in total. The fraction of sp³-hybridized carbons (Fsp3) is 0.323. The predicted octanol–water partition coefficient (Wildman–Crippen LogP) is 5.74. The Balaban J connectivity index is 1.63. The number of likely N-dealkylation sites (tertiary alicyclic amines) is 1. The monoisotopic (exact) mass is 543 g/mol. The number of aliphatic hydroxyl groups is 1. The smallest absolute Gasteiger partial charge is 0.296 e. The van der Waals surface area contributed by atoms with Crippen molar-refractivity contribution in [1.29, 1.82) is 0 Å². The molecule has 1 amide bonds. The van der Waals surface area contributed by atoms with Gasteiger partial charge < -0.3 is 28.3 Å². The van der Waals surface area contributed by atoms with Crippen molar-refractivity contribution in [3.63, 3.8) is 0 Å². The van der Waals surface area contributed by atoms with Crippen LogP contribution >= 0.6 is 0 Å². The standard InChI is InChI=1S/C31H33N3O6/c1-5-6-7-15-40-23-13-12-21(17-24(23)38-4)27-25(29(36)31(37)34(27)18-22-11-9-16-39-22)28(35)26-20(3)33-14-8-10-19(2)30(33)32-26/h8-14,16-17,27,35H,5-7,15,18H2,1-4H3/b28-25+. The van der Waals surface area contributed by atoms with E-state index in [0.717, 1.165) is 24.8 Å². The van der Waals surface area contributed by atoms with Gasteiger partial charge in [-0.05, 0) is 61.7 Å². The molecule has 1 aromatic carbocycles. The van der Waals surface area contributed by atoms with E-state index >= 15 is 0 Å². The zero-order valence-corrected chi connectivity index (χ0v) is 23.1. The second-order valence-electron chi connectivity index (χ2n) is 9.90.